The van der Waals surface area contributed by atoms with E-state index < -0.39 is 10.0 Å². The van der Waals surface area contributed by atoms with E-state index in [0.717, 1.165) is 25.0 Å². The van der Waals surface area contributed by atoms with Gasteiger partial charge in [0.1, 0.15) is 4.90 Å². The van der Waals surface area contributed by atoms with Crippen molar-refractivity contribution in [3.8, 4) is 0 Å². The summed E-state index contributed by atoms with van der Waals surface area (Å²) in [6, 6.07) is 7.59. The Labute approximate surface area is 112 Å². The van der Waals surface area contributed by atoms with Crippen molar-refractivity contribution in [2.24, 2.45) is 5.14 Å². The zero-order valence-electron chi connectivity index (χ0n) is 10.5. The fourth-order valence-corrected chi connectivity index (χ4v) is 3.38. The maximum atomic E-state index is 11.7. The molecule has 102 valence electrons. The summed E-state index contributed by atoms with van der Waals surface area (Å²) in [5.41, 5.74) is 0.891. The van der Waals surface area contributed by atoms with Crippen LogP contribution in [0.3, 0.4) is 0 Å². The topological polar surface area (TPSA) is 74.3 Å². The molecule has 1 aromatic carbocycles. The summed E-state index contributed by atoms with van der Waals surface area (Å²) in [4.78, 5) is 0.189. The molecule has 2 aromatic rings. The lowest BCUT2D eigenvalue weighted by Gasteiger charge is -2.24. The van der Waals surface area contributed by atoms with Crippen LogP contribution in [0.4, 0.5) is 0 Å². The summed E-state index contributed by atoms with van der Waals surface area (Å²) in [7, 11) is -3.71. The quantitative estimate of drug-likeness (QED) is 0.908. The molecule has 0 aliphatic carbocycles. The zero-order valence-corrected chi connectivity index (χ0v) is 11.3. The van der Waals surface area contributed by atoms with Crippen molar-refractivity contribution in [3.63, 3.8) is 0 Å². The number of sulfonamides is 1. The van der Waals surface area contributed by atoms with E-state index in [0.29, 0.717) is 12.0 Å². The van der Waals surface area contributed by atoms with Crippen molar-refractivity contribution in [2.75, 3.05) is 13.2 Å². The van der Waals surface area contributed by atoms with Gasteiger partial charge in [-0.15, -0.1) is 0 Å². The molecule has 1 saturated heterocycles. The summed E-state index contributed by atoms with van der Waals surface area (Å²) in [5, 5.41) is 5.97. The molecule has 0 spiro atoms. The van der Waals surface area contributed by atoms with Crippen molar-refractivity contribution in [3.05, 3.63) is 30.5 Å². The van der Waals surface area contributed by atoms with Crippen LogP contribution < -0.4 is 5.14 Å². The van der Waals surface area contributed by atoms with Gasteiger partial charge in [0.05, 0.1) is 12.6 Å². The highest BCUT2D eigenvalue weighted by Crippen LogP contribution is 2.30. The van der Waals surface area contributed by atoms with E-state index in [-0.39, 0.29) is 10.9 Å². The minimum absolute atomic E-state index is 0.175. The maximum absolute atomic E-state index is 11.7. The van der Waals surface area contributed by atoms with E-state index in [4.69, 9.17) is 9.88 Å². The lowest BCUT2D eigenvalue weighted by Crippen LogP contribution is -2.20. The number of para-hydroxylation sites is 1. The molecule has 0 bridgehead atoms. The van der Waals surface area contributed by atoms with Gasteiger partial charge >= 0.3 is 0 Å². The number of nitrogens with two attached hydrogens (primary N) is 1. The van der Waals surface area contributed by atoms with E-state index in [1.165, 1.54) is 0 Å². The molecule has 1 fully saturated rings. The molecule has 0 saturated carbocycles. The fraction of sp³-hybridized carbons (Fsp3) is 0.385. The van der Waals surface area contributed by atoms with Gasteiger partial charge in [0.15, 0.2) is 0 Å². The molecule has 6 heteroatoms. The monoisotopic (exact) mass is 280 g/mol. The number of hydrogen-bond acceptors (Lipinski definition) is 3. The van der Waals surface area contributed by atoms with Crippen molar-refractivity contribution in [2.45, 2.75) is 23.8 Å². The Kier molecular flexibility index (Phi) is 3.08. The van der Waals surface area contributed by atoms with Gasteiger partial charge in [0, 0.05) is 23.7 Å². The highest BCUT2D eigenvalue weighted by Gasteiger charge is 2.22. The van der Waals surface area contributed by atoms with E-state index >= 15 is 0 Å². The molecule has 1 aliphatic heterocycles. The van der Waals surface area contributed by atoms with E-state index in [1.54, 1.807) is 12.3 Å². The van der Waals surface area contributed by atoms with Gasteiger partial charge in [-0.3, -0.25) is 0 Å². The van der Waals surface area contributed by atoms with Crippen LogP contribution in [-0.4, -0.2) is 26.2 Å². The van der Waals surface area contributed by atoms with Crippen LogP contribution in [-0.2, 0) is 14.8 Å². The van der Waals surface area contributed by atoms with Crippen molar-refractivity contribution in [1.82, 2.24) is 4.57 Å². The minimum atomic E-state index is -3.71. The minimum Gasteiger partial charge on any atom is -0.379 e. The molecule has 1 aliphatic rings. The summed E-state index contributed by atoms with van der Waals surface area (Å²) >= 11 is 0. The Balaban J connectivity index is 2.20. The first kappa shape index (κ1) is 12.7. The van der Waals surface area contributed by atoms with Crippen LogP contribution >= 0.6 is 0 Å². The first-order valence-corrected chi connectivity index (χ1v) is 7.82. The summed E-state index contributed by atoms with van der Waals surface area (Å²) in [6.07, 6.45) is 3.62. The molecule has 1 atom stereocenters. The number of benzene rings is 1. The molecule has 0 radical (unpaired) electrons. The normalized spacial score (nSPS) is 20.8. The van der Waals surface area contributed by atoms with E-state index in [2.05, 4.69) is 0 Å². The van der Waals surface area contributed by atoms with E-state index in [1.807, 2.05) is 22.8 Å². The van der Waals surface area contributed by atoms with Gasteiger partial charge in [-0.1, -0.05) is 18.2 Å². The highest BCUT2D eigenvalue weighted by molar-refractivity contribution is 7.89. The Hall–Kier alpha value is -1.37. The largest absolute Gasteiger partial charge is 0.379 e. The van der Waals surface area contributed by atoms with Crippen molar-refractivity contribution < 1.29 is 13.2 Å². The molecule has 1 aromatic heterocycles. The number of fused-ring (bicyclic) bond motifs is 1. The van der Waals surface area contributed by atoms with Crippen LogP contribution in [0.1, 0.15) is 18.9 Å². The van der Waals surface area contributed by atoms with Gasteiger partial charge in [0.2, 0.25) is 10.0 Å². The second-order valence-electron chi connectivity index (χ2n) is 4.83. The van der Waals surface area contributed by atoms with Crippen molar-refractivity contribution >= 4 is 20.9 Å². The molecule has 5 nitrogen and oxygen atoms in total. The lowest BCUT2D eigenvalue weighted by atomic mass is 10.1. The Morgan fingerprint density at radius 2 is 2.11 bits per heavy atom. The predicted octanol–water partition coefficient (Wildman–Crippen LogP) is 1.64. The summed E-state index contributed by atoms with van der Waals surface area (Å²) in [6.45, 7) is 1.39. The molecule has 2 N–H and O–H groups in total. The SMILES string of the molecule is NS(=O)(=O)c1cn(C2CCCOC2)c2ccccc12. The number of primary sulfonamides is 1. The first-order valence-electron chi connectivity index (χ1n) is 6.27. The number of rotatable bonds is 2. The molecular weight excluding hydrogens is 264 g/mol. The Morgan fingerprint density at radius 1 is 1.32 bits per heavy atom. The van der Waals surface area contributed by atoms with Gasteiger partial charge in [-0.05, 0) is 18.9 Å². The number of ether oxygens (including phenoxy) is 1. The van der Waals surface area contributed by atoms with Crippen LogP contribution in [0.2, 0.25) is 0 Å². The summed E-state index contributed by atoms with van der Waals surface area (Å²) in [5.74, 6) is 0. The van der Waals surface area contributed by atoms with Gasteiger partial charge in [0.25, 0.3) is 0 Å². The average Bonchev–Trinajstić information content (AvgIpc) is 2.79. The number of nitrogens with zero attached hydrogens (tertiary/aromatic N) is 1. The molecule has 2 heterocycles. The fourth-order valence-electron chi connectivity index (χ4n) is 2.64. The second kappa shape index (κ2) is 4.63. The van der Waals surface area contributed by atoms with Gasteiger partial charge in [-0.25, -0.2) is 13.6 Å². The third-order valence-corrected chi connectivity index (χ3v) is 4.48. The number of hydrogen-bond donors (Lipinski definition) is 1. The van der Waals surface area contributed by atoms with Crippen LogP contribution in [0.5, 0.6) is 0 Å². The molecule has 19 heavy (non-hydrogen) atoms. The van der Waals surface area contributed by atoms with E-state index in [9.17, 15) is 8.42 Å². The van der Waals surface area contributed by atoms with Crippen LogP contribution in [0, 0.1) is 0 Å². The Bertz CT molecular complexity index is 700. The Morgan fingerprint density at radius 3 is 2.79 bits per heavy atom. The molecule has 0 amide bonds. The predicted molar refractivity (Wildman–Crippen MR) is 72.4 cm³/mol. The molecule has 3 rings (SSSR count). The molecule has 1 unspecified atom stereocenters. The second-order valence-corrected chi connectivity index (χ2v) is 6.36. The first-order chi connectivity index (χ1) is 9.07. The standard InChI is InChI=1S/C13H16N2O3S/c14-19(16,17)13-8-15(10-4-3-7-18-9-10)12-6-2-1-5-11(12)13/h1-2,5-6,8,10H,3-4,7,9H2,(H2,14,16,17). The highest BCUT2D eigenvalue weighted by atomic mass is 32.2. The number of aromatic nitrogens is 1. The molecular formula is C13H16N2O3S. The lowest BCUT2D eigenvalue weighted by molar-refractivity contribution is 0.0605. The smallest absolute Gasteiger partial charge is 0.240 e. The van der Waals surface area contributed by atoms with Gasteiger partial charge in [-0.2, -0.15) is 0 Å². The zero-order chi connectivity index (χ0) is 13.5. The maximum Gasteiger partial charge on any atom is 0.240 e. The average molecular weight is 280 g/mol. The third-order valence-electron chi connectivity index (χ3n) is 3.54. The van der Waals surface area contributed by atoms with Gasteiger partial charge < -0.3 is 9.30 Å². The summed E-state index contributed by atoms with van der Waals surface area (Å²) < 4.78 is 30.8. The van der Waals surface area contributed by atoms with Crippen molar-refractivity contribution in [1.29, 1.82) is 0 Å². The van der Waals surface area contributed by atoms with Crippen LogP contribution in [0.15, 0.2) is 35.4 Å². The third kappa shape index (κ3) is 2.27. The van der Waals surface area contributed by atoms with Crippen LogP contribution in [0.25, 0.3) is 10.9 Å².